The van der Waals surface area contributed by atoms with E-state index in [9.17, 15) is 9.59 Å². The summed E-state index contributed by atoms with van der Waals surface area (Å²) in [5, 5.41) is 11.8. The Morgan fingerprint density at radius 1 is 1.33 bits per heavy atom. The number of hydrogen-bond acceptors (Lipinski definition) is 3. The lowest BCUT2D eigenvalue weighted by Gasteiger charge is -2.14. The summed E-state index contributed by atoms with van der Waals surface area (Å²) in [5.74, 6) is -0.768. The molecule has 0 aromatic heterocycles. The molecule has 112 valence electrons. The van der Waals surface area contributed by atoms with Crippen LogP contribution in [0.15, 0.2) is 29.8 Å². The minimum atomic E-state index is -1.08. The first-order valence-electron chi connectivity index (χ1n) is 6.99. The van der Waals surface area contributed by atoms with E-state index in [0.29, 0.717) is 12.2 Å². The number of carbonyl (C=O) groups is 2. The molecular formula is C16H19NO4. The Labute approximate surface area is 123 Å². The van der Waals surface area contributed by atoms with Crippen LogP contribution in [0.2, 0.25) is 0 Å². The maximum Gasteiger partial charge on any atom is 0.337 e. The number of carbonyl (C=O) groups excluding carboxylic acids is 1. The molecule has 5 heteroatoms. The number of carboxylic acids is 1. The highest BCUT2D eigenvalue weighted by atomic mass is 16.5. The zero-order valence-electron chi connectivity index (χ0n) is 12.0. The number of allylic oxidation sites excluding steroid dienone is 1. The topological polar surface area (TPSA) is 75.6 Å². The molecule has 0 spiro atoms. The van der Waals surface area contributed by atoms with Crippen molar-refractivity contribution in [1.29, 1.82) is 0 Å². The van der Waals surface area contributed by atoms with Crippen molar-refractivity contribution in [2.24, 2.45) is 0 Å². The Kier molecular flexibility index (Phi) is 4.98. The number of aromatic carboxylic acids is 1. The van der Waals surface area contributed by atoms with Gasteiger partial charge < -0.3 is 15.2 Å². The Balaban J connectivity index is 2.11. The van der Waals surface area contributed by atoms with Gasteiger partial charge in [-0.3, -0.25) is 4.79 Å². The largest absolute Gasteiger partial charge is 0.497 e. The molecule has 0 unspecified atom stereocenters. The normalized spacial score (nSPS) is 14.2. The number of methoxy groups -OCH3 is 1. The van der Waals surface area contributed by atoms with Gasteiger partial charge in [0.15, 0.2) is 0 Å². The van der Waals surface area contributed by atoms with E-state index >= 15 is 0 Å². The Hall–Kier alpha value is -2.30. The van der Waals surface area contributed by atoms with Gasteiger partial charge in [-0.15, -0.1) is 0 Å². The maximum atomic E-state index is 12.1. The van der Waals surface area contributed by atoms with Crippen molar-refractivity contribution < 1.29 is 19.4 Å². The number of anilines is 1. The molecule has 1 aliphatic carbocycles. The van der Waals surface area contributed by atoms with Gasteiger partial charge >= 0.3 is 5.97 Å². The third kappa shape index (κ3) is 4.08. The number of rotatable bonds is 5. The average Bonchev–Trinajstić information content (AvgIpc) is 2.47. The number of nitrogens with one attached hydrogen (secondary N) is 1. The van der Waals surface area contributed by atoms with Crippen LogP contribution in [-0.4, -0.2) is 24.1 Å². The second-order valence-corrected chi connectivity index (χ2v) is 5.05. The lowest BCUT2D eigenvalue weighted by atomic mass is 9.97. The van der Waals surface area contributed by atoms with Crippen LogP contribution in [0.3, 0.4) is 0 Å². The lowest BCUT2D eigenvalue weighted by Crippen LogP contribution is -2.15. The first kappa shape index (κ1) is 15.1. The minimum absolute atomic E-state index is 0.0572. The molecule has 0 bridgehead atoms. The van der Waals surface area contributed by atoms with Crippen LogP contribution in [0.1, 0.15) is 42.5 Å². The van der Waals surface area contributed by atoms with E-state index in [-0.39, 0.29) is 17.2 Å². The second-order valence-electron chi connectivity index (χ2n) is 5.05. The minimum Gasteiger partial charge on any atom is -0.497 e. The van der Waals surface area contributed by atoms with Crippen molar-refractivity contribution in [2.75, 3.05) is 12.4 Å². The maximum absolute atomic E-state index is 12.1. The lowest BCUT2D eigenvalue weighted by molar-refractivity contribution is -0.115. The van der Waals surface area contributed by atoms with Crippen LogP contribution >= 0.6 is 0 Å². The third-order valence-electron chi connectivity index (χ3n) is 3.50. The standard InChI is InChI=1S/C16H19NO4/c1-21-12-7-8-13(16(19)20)14(10-12)17-15(18)9-11-5-3-2-4-6-11/h5,7-8,10H,2-4,6,9H2,1H3,(H,17,18)(H,19,20). The van der Waals surface area contributed by atoms with E-state index in [1.54, 1.807) is 6.07 Å². The fraction of sp³-hybridized carbons (Fsp3) is 0.375. The van der Waals surface area contributed by atoms with Crippen molar-refractivity contribution in [2.45, 2.75) is 32.1 Å². The second kappa shape index (κ2) is 6.92. The highest BCUT2D eigenvalue weighted by Gasteiger charge is 2.15. The Morgan fingerprint density at radius 3 is 2.76 bits per heavy atom. The number of amides is 1. The van der Waals surface area contributed by atoms with Crippen LogP contribution in [0.5, 0.6) is 5.75 Å². The van der Waals surface area contributed by atoms with Gasteiger partial charge in [-0.2, -0.15) is 0 Å². The fourth-order valence-corrected chi connectivity index (χ4v) is 2.41. The number of hydrogen-bond donors (Lipinski definition) is 2. The first-order chi connectivity index (χ1) is 10.1. The van der Waals surface area contributed by atoms with E-state index < -0.39 is 5.97 Å². The predicted octanol–water partition coefficient (Wildman–Crippen LogP) is 3.22. The molecule has 1 amide bonds. The van der Waals surface area contributed by atoms with Gasteiger partial charge in [-0.1, -0.05) is 11.6 Å². The summed E-state index contributed by atoms with van der Waals surface area (Å²) in [4.78, 5) is 23.3. The molecule has 0 heterocycles. The molecule has 2 rings (SSSR count). The smallest absolute Gasteiger partial charge is 0.337 e. The third-order valence-corrected chi connectivity index (χ3v) is 3.50. The first-order valence-corrected chi connectivity index (χ1v) is 6.99. The van der Waals surface area contributed by atoms with Gasteiger partial charge in [0, 0.05) is 12.5 Å². The van der Waals surface area contributed by atoms with E-state index in [4.69, 9.17) is 9.84 Å². The van der Waals surface area contributed by atoms with Gasteiger partial charge in [-0.25, -0.2) is 4.79 Å². The SMILES string of the molecule is COc1ccc(C(=O)O)c(NC(=O)CC2=CCCCC2)c1. The van der Waals surface area contributed by atoms with Gasteiger partial charge in [-0.05, 0) is 37.8 Å². The monoisotopic (exact) mass is 289 g/mol. The molecule has 0 saturated heterocycles. The highest BCUT2D eigenvalue weighted by Crippen LogP contribution is 2.24. The summed E-state index contributed by atoms with van der Waals surface area (Å²) < 4.78 is 5.07. The zero-order valence-corrected chi connectivity index (χ0v) is 12.0. The van der Waals surface area contributed by atoms with Crippen LogP contribution in [-0.2, 0) is 4.79 Å². The van der Waals surface area contributed by atoms with Crippen molar-refractivity contribution in [1.82, 2.24) is 0 Å². The number of ether oxygens (including phenoxy) is 1. The molecule has 0 atom stereocenters. The van der Waals surface area contributed by atoms with Crippen LogP contribution in [0, 0.1) is 0 Å². The molecule has 0 aliphatic heterocycles. The summed E-state index contributed by atoms with van der Waals surface area (Å²) >= 11 is 0. The molecule has 2 N–H and O–H groups in total. The van der Waals surface area contributed by atoms with E-state index in [2.05, 4.69) is 11.4 Å². The molecule has 5 nitrogen and oxygen atoms in total. The molecule has 1 aromatic carbocycles. The summed E-state index contributed by atoms with van der Waals surface area (Å²) in [6.07, 6.45) is 6.66. The molecule has 1 aromatic rings. The van der Waals surface area contributed by atoms with Crippen molar-refractivity contribution in [3.05, 3.63) is 35.4 Å². The molecule has 21 heavy (non-hydrogen) atoms. The average molecular weight is 289 g/mol. The van der Waals surface area contributed by atoms with Gasteiger partial charge in [0.2, 0.25) is 5.91 Å². The molecule has 0 saturated carbocycles. The van der Waals surface area contributed by atoms with Crippen molar-refractivity contribution in [3.63, 3.8) is 0 Å². The Bertz CT molecular complexity index is 578. The van der Waals surface area contributed by atoms with Crippen LogP contribution < -0.4 is 10.1 Å². The predicted molar refractivity (Wildman–Crippen MR) is 79.8 cm³/mol. The summed E-state index contributed by atoms with van der Waals surface area (Å²) in [7, 11) is 1.49. The quantitative estimate of drug-likeness (QED) is 0.816. The van der Waals surface area contributed by atoms with Gasteiger partial charge in [0.1, 0.15) is 5.75 Å². The van der Waals surface area contributed by atoms with Crippen LogP contribution in [0.4, 0.5) is 5.69 Å². The molecular weight excluding hydrogens is 270 g/mol. The Morgan fingerprint density at radius 2 is 2.14 bits per heavy atom. The number of benzene rings is 1. The molecule has 0 fully saturated rings. The van der Waals surface area contributed by atoms with E-state index in [1.807, 2.05) is 0 Å². The fourth-order valence-electron chi connectivity index (χ4n) is 2.41. The van der Waals surface area contributed by atoms with Crippen LogP contribution in [0.25, 0.3) is 0 Å². The van der Waals surface area contributed by atoms with Crippen molar-refractivity contribution in [3.8, 4) is 5.75 Å². The zero-order chi connectivity index (χ0) is 15.2. The van der Waals surface area contributed by atoms with E-state index in [0.717, 1.165) is 24.8 Å². The van der Waals surface area contributed by atoms with Gasteiger partial charge in [0.05, 0.1) is 18.4 Å². The molecule has 0 radical (unpaired) electrons. The highest BCUT2D eigenvalue weighted by molar-refractivity contribution is 6.01. The summed E-state index contributed by atoms with van der Waals surface area (Å²) in [6, 6.07) is 4.51. The van der Waals surface area contributed by atoms with E-state index in [1.165, 1.54) is 25.7 Å². The summed E-state index contributed by atoms with van der Waals surface area (Å²) in [5.41, 5.74) is 1.45. The van der Waals surface area contributed by atoms with Gasteiger partial charge in [0.25, 0.3) is 0 Å². The summed E-state index contributed by atoms with van der Waals surface area (Å²) in [6.45, 7) is 0. The molecule has 1 aliphatic rings. The number of carboxylic acid groups (broad SMARTS) is 1. The van der Waals surface area contributed by atoms with Crippen molar-refractivity contribution >= 4 is 17.6 Å².